The highest BCUT2D eigenvalue weighted by Crippen LogP contribution is 2.41. The van der Waals surface area contributed by atoms with E-state index in [4.69, 9.17) is 9.72 Å². The number of likely N-dealkylation sites (N-methyl/N-ethyl adjacent to an activating group) is 1. The van der Waals surface area contributed by atoms with Crippen molar-refractivity contribution in [2.75, 3.05) is 82.3 Å². The van der Waals surface area contributed by atoms with Crippen LogP contribution in [0.25, 0.3) is 11.0 Å². The monoisotopic (exact) mass is 693 g/mol. The van der Waals surface area contributed by atoms with Crippen LogP contribution in [-0.4, -0.2) is 103 Å². The molecule has 2 aliphatic heterocycles. The third kappa shape index (κ3) is 7.58. The fourth-order valence-electron chi connectivity index (χ4n) is 7.07. The van der Waals surface area contributed by atoms with Gasteiger partial charge in [0.25, 0.3) is 0 Å². The van der Waals surface area contributed by atoms with E-state index in [9.17, 15) is 4.57 Å². The van der Waals surface area contributed by atoms with Crippen LogP contribution in [0.1, 0.15) is 43.7 Å². The van der Waals surface area contributed by atoms with E-state index in [0.29, 0.717) is 51.3 Å². The van der Waals surface area contributed by atoms with Crippen molar-refractivity contribution in [2.24, 2.45) is 5.92 Å². The maximum Gasteiger partial charge on any atom is 0.229 e. The summed E-state index contributed by atoms with van der Waals surface area (Å²) in [6, 6.07) is 8.76. The van der Waals surface area contributed by atoms with Gasteiger partial charge in [-0.3, -0.25) is 14.9 Å². The van der Waals surface area contributed by atoms with Gasteiger partial charge in [-0.25, -0.2) is 4.98 Å². The van der Waals surface area contributed by atoms with Gasteiger partial charge in [-0.05, 0) is 76.2 Å². The summed E-state index contributed by atoms with van der Waals surface area (Å²) in [6.07, 6.45) is 10.5. The molecule has 2 aromatic heterocycles. The predicted molar refractivity (Wildman–Crippen MR) is 204 cm³/mol. The minimum absolute atomic E-state index is 0.406. The minimum Gasteiger partial charge on any atom is -0.494 e. The number of piperidine rings is 1. The Morgan fingerprint density at radius 3 is 2.40 bits per heavy atom. The lowest BCUT2D eigenvalue weighted by molar-refractivity contribution is 0.0982. The molecule has 11 nitrogen and oxygen atoms in total. The number of nitrogens with zero attached hydrogens (tertiary/aromatic N) is 7. The second-order valence-electron chi connectivity index (χ2n) is 14.1. The number of hydrogen-bond donors (Lipinski definition) is 2. The summed E-state index contributed by atoms with van der Waals surface area (Å²) < 4.78 is 19.6. The maximum atomic E-state index is 13.6. The standard InChI is InChI=1S/C38H48N9O2P/c1-6-27-23-32(34(49-3)24-33(27)47-17-13-29(14-18-47)46-21-19-45(2)20-22-46)43-38-41-25-28(10-9-26-7-8-26)37(44-38)42-31-12-11-30-35(40-16-15-39-30)36(31)50(4,5)48/h11-12,15-16,23-26,29H,6-8,13-14,17-22H2,1-5H3,(H2,41,42,43,44). The quantitative estimate of drug-likeness (QED) is 0.166. The fraction of sp³-hybridized carbons (Fsp3) is 0.474. The first kappa shape index (κ1) is 34.2. The molecule has 2 N–H and O–H groups in total. The summed E-state index contributed by atoms with van der Waals surface area (Å²) >= 11 is 0. The number of nitrogens with one attached hydrogen (secondary N) is 2. The number of ether oxygens (including phenoxy) is 1. The summed E-state index contributed by atoms with van der Waals surface area (Å²) in [4.78, 5) is 26.2. The van der Waals surface area contributed by atoms with Gasteiger partial charge >= 0.3 is 0 Å². The van der Waals surface area contributed by atoms with E-state index in [0.717, 1.165) is 56.9 Å². The van der Waals surface area contributed by atoms with Gasteiger partial charge in [0, 0.05) is 75.4 Å². The first-order valence-electron chi connectivity index (χ1n) is 17.8. The van der Waals surface area contributed by atoms with Crippen molar-refractivity contribution in [3.05, 3.63) is 54.0 Å². The van der Waals surface area contributed by atoms with Crippen LogP contribution in [0.2, 0.25) is 0 Å². The van der Waals surface area contributed by atoms with Gasteiger partial charge in [-0.1, -0.05) is 18.8 Å². The van der Waals surface area contributed by atoms with Crippen molar-refractivity contribution in [1.82, 2.24) is 29.7 Å². The summed E-state index contributed by atoms with van der Waals surface area (Å²) in [6.45, 7) is 12.4. The van der Waals surface area contributed by atoms with Crippen LogP contribution in [0.5, 0.6) is 5.75 Å². The van der Waals surface area contributed by atoms with E-state index in [1.54, 1.807) is 39.0 Å². The van der Waals surface area contributed by atoms with Crippen molar-refractivity contribution in [3.8, 4) is 17.6 Å². The Bertz CT molecular complexity index is 1970. The molecule has 0 atom stereocenters. The molecule has 4 heterocycles. The molecule has 2 aromatic carbocycles. The summed E-state index contributed by atoms with van der Waals surface area (Å²) in [7, 11) is 1.15. The molecular formula is C38H48N9O2P. The Hall–Kier alpha value is -4.23. The van der Waals surface area contributed by atoms with Gasteiger partial charge in [0.1, 0.15) is 18.4 Å². The molecule has 2 saturated heterocycles. The molecule has 0 radical (unpaired) electrons. The zero-order valence-corrected chi connectivity index (χ0v) is 30.8. The van der Waals surface area contributed by atoms with E-state index < -0.39 is 7.14 Å². The molecule has 262 valence electrons. The van der Waals surface area contributed by atoms with Crippen LogP contribution < -0.4 is 25.6 Å². The molecule has 7 rings (SSSR count). The Morgan fingerprint density at radius 2 is 1.70 bits per heavy atom. The van der Waals surface area contributed by atoms with Gasteiger partial charge in [0.05, 0.1) is 41.1 Å². The highest BCUT2D eigenvalue weighted by Gasteiger charge is 2.28. The molecule has 4 aromatic rings. The highest BCUT2D eigenvalue weighted by molar-refractivity contribution is 7.71. The first-order chi connectivity index (χ1) is 24.2. The molecule has 12 heteroatoms. The van der Waals surface area contributed by atoms with E-state index in [2.05, 4.69) is 78.2 Å². The summed E-state index contributed by atoms with van der Waals surface area (Å²) in [5.74, 6) is 8.72. The number of anilines is 5. The number of methoxy groups -OCH3 is 1. The van der Waals surface area contributed by atoms with Gasteiger partial charge in [-0.15, -0.1) is 0 Å². The molecule has 0 spiro atoms. The Kier molecular flexibility index (Phi) is 9.96. The third-order valence-corrected chi connectivity index (χ3v) is 11.6. The average molecular weight is 694 g/mol. The number of benzene rings is 2. The SMILES string of the molecule is CCc1cc(Nc2ncc(C#CC3CC3)c(Nc3ccc4nccnc4c3P(C)(C)=O)n2)c(OC)cc1N1CCC(N2CCN(C)CC2)CC1. The van der Waals surface area contributed by atoms with E-state index in [1.165, 1.54) is 37.2 Å². The topological polar surface area (TPSA) is 112 Å². The average Bonchev–Trinajstić information content (AvgIpc) is 3.96. The third-order valence-electron chi connectivity index (χ3n) is 10.1. The lowest BCUT2D eigenvalue weighted by Crippen LogP contribution is -2.52. The van der Waals surface area contributed by atoms with Gasteiger partial charge in [-0.2, -0.15) is 4.98 Å². The molecular weight excluding hydrogens is 645 g/mol. The maximum absolute atomic E-state index is 13.6. The molecule has 1 saturated carbocycles. The van der Waals surface area contributed by atoms with E-state index in [1.807, 2.05) is 12.1 Å². The van der Waals surface area contributed by atoms with Gasteiger partial charge < -0.3 is 29.7 Å². The van der Waals surface area contributed by atoms with Crippen LogP contribution in [-0.2, 0) is 11.0 Å². The van der Waals surface area contributed by atoms with Gasteiger partial charge in [0.15, 0.2) is 5.82 Å². The summed E-state index contributed by atoms with van der Waals surface area (Å²) in [5, 5.41) is 7.54. The van der Waals surface area contributed by atoms with Crippen molar-refractivity contribution in [1.29, 1.82) is 0 Å². The minimum atomic E-state index is -2.78. The van der Waals surface area contributed by atoms with Crippen LogP contribution in [0, 0.1) is 17.8 Å². The molecule has 1 aliphatic carbocycles. The number of aryl methyl sites for hydroxylation is 1. The zero-order chi connectivity index (χ0) is 34.8. The van der Waals surface area contributed by atoms with Crippen LogP contribution in [0.15, 0.2) is 42.9 Å². The van der Waals surface area contributed by atoms with E-state index in [-0.39, 0.29) is 0 Å². The Morgan fingerprint density at radius 1 is 0.940 bits per heavy atom. The van der Waals surface area contributed by atoms with Crippen molar-refractivity contribution >= 4 is 52.3 Å². The molecule has 0 amide bonds. The predicted octanol–water partition coefficient (Wildman–Crippen LogP) is 5.70. The molecule has 0 unspecified atom stereocenters. The molecule has 3 aliphatic rings. The van der Waals surface area contributed by atoms with Gasteiger partial charge in [0.2, 0.25) is 5.95 Å². The molecule has 50 heavy (non-hydrogen) atoms. The molecule has 3 fully saturated rings. The number of fused-ring (bicyclic) bond motifs is 1. The fourth-order valence-corrected chi connectivity index (χ4v) is 8.46. The van der Waals surface area contributed by atoms with Crippen LogP contribution in [0.4, 0.5) is 28.8 Å². The number of rotatable bonds is 9. The number of aromatic nitrogens is 4. The summed E-state index contributed by atoms with van der Waals surface area (Å²) in [5.41, 5.74) is 5.93. The van der Waals surface area contributed by atoms with Crippen molar-refractivity contribution in [2.45, 2.75) is 45.1 Å². The smallest absolute Gasteiger partial charge is 0.229 e. The van der Waals surface area contributed by atoms with Crippen molar-refractivity contribution < 1.29 is 9.30 Å². The number of hydrogen-bond acceptors (Lipinski definition) is 11. The normalized spacial score (nSPS) is 17.7. The van der Waals surface area contributed by atoms with Crippen LogP contribution >= 0.6 is 7.14 Å². The largest absolute Gasteiger partial charge is 0.494 e. The van der Waals surface area contributed by atoms with Crippen molar-refractivity contribution in [3.63, 3.8) is 0 Å². The Balaban J connectivity index is 1.16. The number of piperazine rings is 1. The first-order valence-corrected chi connectivity index (χ1v) is 20.4. The van der Waals surface area contributed by atoms with E-state index >= 15 is 0 Å². The highest BCUT2D eigenvalue weighted by atomic mass is 31.2. The molecule has 0 bridgehead atoms. The second-order valence-corrected chi connectivity index (χ2v) is 17.2. The lowest BCUT2D eigenvalue weighted by Gasteiger charge is -2.43. The second kappa shape index (κ2) is 14.6. The van der Waals surface area contributed by atoms with Crippen LogP contribution in [0.3, 0.4) is 0 Å². The zero-order valence-electron chi connectivity index (χ0n) is 29.9. The Labute approximate surface area is 295 Å². The lowest BCUT2D eigenvalue weighted by atomic mass is 9.99.